The summed E-state index contributed by atoms with van der Waals surface area (Å²) in [5.41, 5.74) is 5.06. The molecule has 7 heteroatoms. The average Bonchev–Trinajstić information content (AvgIpc) is 2.00. The first-order valence-electron chi connectivity index (χ1n) is 3.64. The molecule has 0 amide bonds. The summed E-state index contributed by atoms with van der Waals surface area (Å²) in [5, 5.41) is 10.7. The van der Waals surface area contributed by atoms with E-state index in [9.17, 15) is 13.2 Å². The fraction of sp³-hybridized carbons (Fsp3) is 0.833. The Morgan fingerprint density at radius 3 is 2.38 bits per heavy atom. The van der Waals surface area contributed by atoms with Crippen LogP contribution in [0.15, 0.2) is 5.16 Å². The zero-order valence-corrected chi connectivity index (χ0v) is 7.17. The van der Waals surface area contributed by atoms with Crippen molar-refractivity contribution in [3.8, 4) is 0 Å². The number of nitrogens with two attached hydrogens (primary N) is 1. The third kappa shape index (κ3) is 6.21. The number of oxime groups is 1. The lowest BCUT2D eigenvalue weighted by molar-refractivity contribution is -0.143. The monoisotopic (exact) mass is 199 g/mol. The average molecular weight is 199 g/mol. The van der Waals surface area contributed by atoms with E-state index in [2.05, 4.69) is 5.16 Å². The second-order valence-electron chi connectivity index (χ2n) is 2.51. The van der Waals surface area contributed by atoms with Crippen LogP contribution in [0.2, 0.25) is 0 Å². The molecule has 0 unspecified atom stereocenters. The number of nitrogens with zero attached hydrogens (tertiary/aromatic N) is 2. The van der Waals surface area contributed by atoms with Crippen LogP contribution in [-0.4, -0.2) is 41.8 Å². The summed E-state index contributed by atoms with van der Waals surface area (Å²) in [5.74, 6) is -0.230. The van der Waals surface area contributed by atoms with E-state index in [0.29, 0.717) is 0 Å². The third-order valence-corrected chi connectivity index (χ3v) is 1.36. The van der Waals surface area contributed by atoms with Crippen molar-refractivity contribution in [1.82, 2.24) is 4.90 Å². The number of amidine groups is 1. The Morgan fingerprint density at radius 1 is 1.54 bits per heavy atom. The maximum Gasteiger partial charge on any atom is 0.401 e. The first-order chi connectivity index (χ1) is 5.89. The van der Waals surface area contributed by atoms with Crippen LogP contribution < -0.4 is 5.73 Å². The Labute approximate surface area is 73.8 Å². The van der Waals surface area contributed by atoms with Gasteiger partial charge in [0.1, 0.15) is 0 Å². The third-order valence-electron chi connectivity index (χ3n) is 1.36. The van der Waals surface area contributed by atoms with E-state index in [0.717, 1.165) is 4.90 Å². The number of hydrogen-bond acceptors (Lipinski definition) is 3. The lowest BCUT2D eigenvalue weighted by Gasteiger charge is -2.20. The summed E-state index contributed by atoms with van der Waals surface area (Å²) in [7, 11) is 0. The molecule has 0 saturated heterocycles. The summed E-state index contributed by atoms with van der Waals surface area (Å²) in [6.07, 6.45) is -4.26. The summed E-state index contributed by atoms with van der Waals surface area (Å²) in [6.45, 7) is 0.512. The maximum absolute atomic E-state index is 11.9. The number of likely N-dealkylation sites (N-methyl/N-ethyl adjacent to an activating group) is 1. The molecule has 3 N–H and O–H groups in total. The van der Waals surface area contributed by atoms with Crippen molar-refractivity contribution < 1.29 is 18.4 Å². The lowest BCUT2D eigenvalue weighted by Crippen LogP contribution is -2.39. The zero-order chi connectivity index (χ0) is 10.5. The molecule has 0 aromatic heterocycles. The number of hydrogen-bond donors (Lipinski definition) is 2. The normalized spacial score (nSPS) is 13.8. The molecule has 0 fully saturated rings. The van der Waals surface area contributed by atoms with Gasteiger partial charge in [0, 0.05) is 0 Å². The van der Waals surface area contributed by atoms with E-state index in [1.807, 2.05) is 0 Å². The van der Waals surface area contributed by atoms with Crippen LogP contribution in [0, 0.1) is 0 Å². The van der Waals surface area contributed by atoms with E-state index in [1.165, 1.54) is 0 Å². The van der Waals surface area contributed by atoms with Gasteiger partial charge < -0.3 is 10.9 Å². The van der Waals surface area contributed by atoms with E-state index in [4.69, 9.17) is 10.9 Å². The number of alkyl halides is 3. The Morgan fingerprint density at radius 2 is 2.08 bits per heavy atom. The highest BCUT2D eigenvalue weighted by molar-refractivity contribution is 5.81. The molecule has 0 saturated carbocycles. The largest absolute Gasteiger partial charge is 0.409 e. The van der Waals surface area contributed by atoms with Crippen LogP contribution in [-0.2, 0) is 0 Å². The molecule has 0 aliphatic carbocycles. The predicted octanol–water partition coefficient (Wildman–Crippen LogP) is 0.617. The molecule has 0 rings (SSSR count). The number of rotatable bonds is 4. The van der Waals surface area contributed by atoms with Gasteiger partial charge in [0.05, 0.1) is 13.1 Å². The van der Waals surface area contributed by atoms with E-state index in [-0.39, 0.29) is 18.9 Å². The highest BCUT2D eigenvalue weighted by Gasteiger charge is 2.30. The van der Waals surface area contributed by atoms with Gasteiger partial charge in [-0.05, 0) is 6.54 Å². The molecule has 13 heavy (non-hydrogen) atoms. The van der Waals surface area contributed by atoms with Crippen LogP contribution in [0.3, 0.4) is 0 Å². The molecule has 0 heterocycles. The van der Waals surface area contributed by atoms with E-state index >= 15 is 0 Å². The molecule has 0 aliphatic rings. The minimum absolute atomic E-state index is 0.188. The Hall–Kier alpha value is -0.980. The maximum atomic E-state index is 11.9. The van der Waals surface area contributed by atoms with Crippen molar-refractivity contribution in [2.24, 2.45) is 10.9 Å². The smallest absolute Gasteiger partial charge is 0.401 e. The van der Waals surface area contributed by atoms with Gasteiger partial charge in [0.2, 0.25) is 0 Å². The molecule has 0 aliphatic heterocycles. The second kappa shape index (κ2) is 4.90. The standard InChI is InChI=1S/C6H12F3N3O/c1-2-12(3-5(10)11-13)4-6(7,8)9/h13H,2-4H2,1H3,(H2,10,11). The van der Waals surface area contributed by atoms with Gasteiger partial charge in [-0.1, -0.05) is 12.1 Å². The van der Waals surface area contributed by atoms with Crippen LogP contribution in [0.1, 0.15) is 6.92 Å². The van der Waals surface area contributed by atoms with Gasteiger partial charge in [0.15, 0.2) is 5.84 Å². The van der Waals surface area contributed by atoms with Gasteiger partial charge in [-0.15, -0.1) is 0 Å². The van der Waals surface area contributed by atoms with Crippen molar-refractivity contribution in [2.45, 2.75) is 13.1 Å². The molecule has 78 valence electrons. The molecular weight excluding hydrogens is 187 g/mol. The predicted molar refractivity (Wildman–Crippen MR) is 41.6 cm³/mol. The van der Waals surface area contributed by atoms with Gasteiger partial charge in [0.25, 0.3) is 0 Å². The molecule has 0 radical (unpaired) electrons. The summed E-state index contributed by atoms with van der Waals surface area (Å²) >= 11 is 0. The quantitative estimate of drug-likeness (QED) is 0.302. The van der Waals surface area contributed by atoms with E-state index < -0.39 is 12.7 Å². The molecular formula is C6H12F3N3O. The Balaban J connectivity index is 4.05. The summed E-state index contributed by atoms with van der Waals surface area (Å²) in [4.78, 5) is 1.02. The zero-order valence-electron chi connectivity index (χ0n) is 7.17. The van der Waals surface area contributed by atoms with Crippen LogP contribution in [0.4, 0.5) is 13.2 Å². The minimum atomic E-state index is -4.26. The second-order valence-corrected chi connectivity index (χ2v) is 2.51. The SMILES string of the molecule is CCN(CC(N)=NO)CC(F)(F)F. The first-order valence-corrected chi connectivity index (χ1v) is 3.64. The van der Waals surface area contributed by atoms with Crippen LogP contribution in [0.5, 0.6) is 0 Å². The topological polar surface area (TPSA) is 61.8 Å². The first kappa shape index (κ1) is 12.0. The molecule has 0 aromatic rings. The van der Waals surface area contributed by atoms with Gasteiger partial charge in [-0.2, -0.15) is 13.2 Å². The van der Waals surface area contributed by atoms with Gasteiger partial charge in [-0.3, -0.25) is 4.90 Å². The molecule has 4 nitrogen and oxygen atoms in total. The van der Waals surface area contributed by atoms with Crippen LogP contribution >= 0.6 is 0 Å². The summed E-state index contributed by atoms with van der Waals surface area (Å²) < 4.78 is 35.6. The van der Waals surface area contributed by atoms with Crippen molar-refractivity contribution in [3.63, 3.8) is 0 Å². The van der Waals surface area contributed by atoms with Crippen molar-refractivity contribution in [1.29, 1.82) is 0 Å². The Kier molecular flexibility index (Phi) is 4.53. The molecule has 0 bridgehead atoms. The van der Waals surface area contributed by atoms with Gasteiger partial charge in [-0.25, -0.2) is 0 Å². The number of halogens is 3. The van der Waals surface area contributed by atoms with Crippen LogP contribution in [0.25, 0.3) is 0 Å². The van der Waals surface area contributed by atoms with E-state index in [1.54, 1.807) is 6.92 Å². The molecule has 0 aromatic carbocycles. The lowest BCUT2D eigenvalue weighted by atomic mass is 10.4. The molecule has 0 atom stereocenters. The fourth-order valence-corrected chi connectivity index (χ4v) is 0.794. The van der Waals surface area contributed by atoms with Crippen molar-refractivity contribution in [2.75, 3.05) is 19.6 Å². The van der Waals surface area contributed by atoms with Crippen molar-refractivity contribution in [3.05, 3.63) is 0 Å². The minimum Gasteiger partial charge on any atom is -0.409 e. The van der Waals surface area contributed by atoms with Crippen molar-refractivity contribution >= 4 is 5.84 Å². The highest BCUT2D eigenvalue weighted by Crippen LogP contribution is 2.15. The Bertz CT molecular complexity index is 180. The molecule has 0 spiro atoms. The summed E-state index contributed by atoms with van der Waals surface area (Å²) in [6, 6.07) is 0. The van der Waals surface area contributed by atoms with Gasteiger partial charge >= 0.3 is 6.18 Å². The highest BCUT2D eigenvalue weighted by atomic mass is 19.4. The fourth-order valence-electron chi connectivity index (χ4n) is 0.794.